The standard InChI is InChI=1S/C25H31NOS/c1-17-10-13-24(28-17)25-21-9-5-8-20(21)22-16-19(11-12-23(22)26-25)27-15-14-18-6-3-2-4-7-18/h5,8,10-13,16,18,20-21,25-26H,2-4,6-7,9,14-15H2,1H3. The van der Waals surface area contributed by atoms with Gasteiger partial charge in [0.1, 0.15) is 5.75 Å². The van der Waals surface area contributed by atoms with Gasteiger partial charge in [0.2, 0.25) is 0 Å². The lowest BCUT2D eigenvalue weighted by molar-refractivity contribution is 0.246. The van der Waals surface area contributed by atoms with Gasteiger partial charge in [-0.3, -0.25) is 0 Å². The zero-order chi connectivity index (χ0) is 18.9. The van der Waals surface area contributed by atoms with E-state index in [4.69, 9.17) is 4.74 Å². The zero-order valence-electron chi connectivity index (χ0n) is 16.8. The molecule has 1 aromatic heterocycles. The van der Waals surface area contributed by atoms with Gasteiger partial charge in [0.15, 0.2) is 0 Å². The number of hydrogen-bond acceptors (Lipinski definition) is 3. The van der Waals surface area contributed by atoms with Crippen LogP contribution in [0.25, 0.3) is 0 Å². The number of rotatable bonds is 5. The Morgan fingerprint density at radius 3 is 2.82 bits per heavy atom. The lowest BCUT2D eigenvalue weighted by atomic mass is 9.79. The molecule has 5 rings (SSSR count). The molecule has 148 valence electrons. The average Bonchev–Trinajstić information content (AvgIpc) is 3.38. The zero-order valence-corrected chi connectivity index (χ0v) is 17.6. The number of benzene rings is 1. The molecule has 0 radical (unpaired) electrons. The molecule has 2 aliphatic carbocycles. The molecule has 0 bridgehead atoms. The lowest BCUT2D eigenvalue weighted by Gasteiger charge is -2.37. The van der Waals surface area contributed by atoms with Crippen molar-refractivity contribution < 1.29 is 4.74 Å². The summed E-state index contributed by atoms with van der Waals surface area (Å²) >= 11 is 1.93. The van der Waals surface area contributed by atoms with Gasteiger partial charge in [-0.2, -0.15) is 0 Å². The summed E-state index contributed by atoms with van der Waals surface area (Å²) < 4.78 is 6.19. The van der Waals surface area contributed by atoms with E-state index in [1.165, 1.54) is 59.5 Å². The van der Waals surface area contributed by atoms with Crippen LogP contribution in [0.4, 0.5) is 5.69 Å². The predicted molar refractivity (Wildman–Crippen MR) is 119 cm³/mol. The first-order valence-corrected chi connectivity index (χ1v) is 11.9. The van der Waals surface area contributed by atoms with Crippen molar-refractivity contribution in [2.24, 2.45) is 11.8 Å². The Balaban J connectivity index is 1.30. The molecule has 1 aliphatic heterocycles. The summed E-state index contributed by atoms with van der Waals surface area (Å²) in [6, 6.07) is 11.7. The van der Waals surface area contributed by atoms with Gasteiger partial charge in [0.05, 0.1) is 12.6 Å². The number of fused-ring (bicyclic) bond motifs is 3. The van der Waals surface area contributed by atoms with Gasteiger partial charge in [0, 0.05) is 21.4 Å². The minimum atomic E-state index is 0.421. The molecule has 3 atom stereocenters. The molecule has 2 nitrogen and oxygen atoms in total. The van der Waals surface area contributed by atoms with Gasteiger partial charge < -0.3 is 10.1 Å². The Hall–Kier alpha value is -1.74. The van der Waals surface area contributed by atoms with Crippen molar-refractivity contribution in [1.29, 1.82) is 0 Å². The first-order chi connectivity index (χ1) is 13.8. The quantitative estimate of drug-likeness (QED) is 0.541. The molecule has 3 heteroatoms. The van der Waals surface area contributed by atoms with Crippen LogP contribution in [0.2, 0.25) is 0 Å². The summed E-state index contributed by atoms with van der Waals surface area (Å²) in [7, 11) is 0. The molecule has 28 heavy (non-hydrogen) atoms. The fourth-order valence-corrected chi connectivity index (χ4v) is 6.39. The third-order valence-electron chi connectivity index (χ3n) is 6.92. The first kappa shape index (κ1) is 18.3. The fourth-order valence-electron chi connectivity index (χ4n) is 5.38. The Morgan fingerprint density at radius 2 is 2.00 bits per heavy atom. The van der Waals surface area contributed by atoms with Crippen LogP contribution < -0.4 is 10.1 Å². The largest absolute Gasteiger partial charge is 0.494 e. The highest BCUT2D eigenvalue weighted by atomic mass is 32.1. The molecule has 0 saturated heterocycles. The van der Waals surface area contributed by atoms with Crippen molar-refractivity contribution in [2.75, 3.05) is 11.9 Å². The topological polar surface area (TPSA) is 21.3 Å². The summed E-state index contributed by atoms with van der Waals surface area (Å²) in [5.41, 5.74) is 2.70. The number of ether oxygens (including phenoxy) is 1. The third kappa shape index (κ3) is 3.61. The Morgan fingerprint density at radius 1 is 1.11 bits per heavy atom. The fraction of sp³-hybridized carbons (Fsp3) is 0.520. The van der Waals surface area contributed by atoms with Crippen LogP contribution in [0, 0.1) is 18.8 Å². The molecule has 1 saturated carbocycles. The highest BCUT2D eigenvalue weighted by Crippen LogP contribution is 2.51. The van der Waals surface area contributed by atoms with E-state index >= 15 is 0 Å². The van der Waals surface area contributed by atoms with Crippen LogP contribution in [0.5, 0.6) is 5.75 Å². The molecule has 1 aromatic carbocycles. The van der Waals surface area contributed by atoms with Crippen LogP contribution in [0.15, 0.2) is 42.5 Å². The van der Waals surface area contributed by atoms with E-state index in [1.54, 1.807) is 0 Å². The van der Waals surface area contributed by atoms with Gasteiger partial charge in [-0.15, -0.1) is 11.3 Å². The highest BCUT2D eigenvalue weighted by Gasteiger charge is 2.38. The van der Waals surface area contributed by atoms with Crippen LogP contribution >= 0.6 is 11.3 Å². The van der Waals surface area contributed by atoms with Gasteiger partial charge in [-0.1, -0.05) is 44.3 Å². The summed E-state index contributed by atoms with van der Waals surface area (Å²) in [4.78, 5) is 2.86. The second-order valence-electron chi connectivity index (χ2n) is 8.81. The maximum atomic E-state index is 6.19. The molecule has 2 heterocycles. The number of nitrogens with one attached hydrogen (secondary N) is 1. The first-order valence-electron chi connectivity index (χ1n) is 11.0. The second kappa shape index (κ2) is 7.94. The second-order valence-corrected chi connectivity index (χ2v) is 10.1. The van der Waals surface area contributed by atoms with Crippen molar-refractivity contribution in [3.05, 3.63) is 57.8 Å². The van der Waals surface area contributed by atoms with Crippen molar-refractivity contribution in [3.63, 3.8) is 0 Å². The smallest absolute Gasteiger partial charge is 0.119 e. The molecule has 2 aromatic rings. The summed E-state index contributed by atoms with van der Waals surface area (Å²) in [5.74, 6) is 3.04. The van der Waals surface area contributed by atoms with Gasteiger partial charge >= 0.3 is 0 Å². The molecular formula is C25H31NOS. The van der Waals surface area contributed by atoms with E-state index in [0.29, 0.717) is 17.9 Å². The van der Waals surface area contributed by atoms with Crippen LogP contribution in [-0.4, -0.2) is 6.61 Å². The Labute approximate surface area is 173 Å². The van der Waals surface area contributed by atoms with Crippen LogP contribution in [0.3, 0.4) is 0 Å². The summed E-state index contributed by atoms with van der Waals surface area (Å²) in [6.07, 6.45) is 14.2. The van der Waals surface area contributed by atoms with Crippen molar-refractivity contribution in [3.8, 4) is 5.75 Å². The number of hydrogen-bond donors (Lipinski definition) is 1. The van der Waals surface area contributed by atoms with Crippen LogP contribution in [0.1, 0.15) is 72.2 Å². The van der Waals surface area contributed by atoms with Gasteiger partial charge in [-0.05, 0) is 67.5 Å². The van der Waals surface area contributed by atoms with Crippen molar-refractivity contribution in [2.45, 2.75) is 63.8 Å². The van der Waals surface area contributed by atoms with Gasteiger partial charge in [-0.25, -0.2) is 0 Å². The molecule has 0 spiro atoms. The minimum Gasteiger partial charge on any atom is -0.494 e. The normalized spacial score (nSPS) is 26.5. The van der Waals surface area contributed by atoms with E-state index in [2.05, 4.69) is 54.7 Å². The molecule has 1 fully saturated rings. The molecule has 3 aliphatic rings. The maximum absolute atomic E-state index is 6.19. The van der Waals surface area contributed by atoms with Crippen LogP contribution in [-0.2, 0) is 0 Å². The summed E-state index contributed by atoms with van der Waals surface area (Å²) in [5, 5.41) is 3.85. The number of anilines is 1. The Bertz CT molecular complexity index is 848. The number of allylic oxidation sites excluding steroid dienone is 2. The maximum Gasteiger partial charge on any atom is 0.119 e. The molecule has 1 N–H and O–H groups in total. The minimum absolute atomic E-state index is 0.421. The number of thiophene rings is 1. The predicted octanol–water partition coefficient (Wildman–Crippen LogP) is 7.23. The van der Waals surface area contributed by atoms with E-state index < -0.39 is 0 Å². The lowest BCUT2D eigenvalue weighted by Crippen LogP contribution is -2.28. The van der Waals surface area contributed by atoms with E-state index in [9.17, 15) is 0 Å². The van der Waals surface area contributed by atoms with E-state index in [1.807, 2.05) is 11.3 Å². The van der Waals surface area contributed by atoms with Crippen molar-refractivity contribution in [1.82, 2.24) is 0 Å². The molecular weight excluding hydrogens is 362 g/mol. The van der Waals surface area contributed by atoms with E-state index in [0.717, 1.165) is 24.7 Å². The molecule has 3 unspecified atom stereocenters. The molecule has 0 amide bonds. The number of aryl methyl sites for hydroxylation is 1. The summed E-state index contributed by atoms with van der Waals surface area (Å²) in [6.45, 7) is 3.06. The van der Waals surface area contributed by atoms with Crippen molar-refractivity contribution >= 4 is 17.0 Å². The average molecular weight is 394 g/mol. The van der Waals surface area contributed by atoms with E-state index in [-0.39, 0.29) is 0 Å². The SMILES string of the molecule is Cc1ccc(C2Nc3ccc(OCCC4CCCCC4)cc3C3C=CCC32)s1. The third-order valence-corrected chi connectivity index (χ3v) is 8.01. The Kier molecular flexibility index (Phi) is 5.19. The highest BCUT2D eigenvalue weighted by molar-refractivity contribution is 7.12. The monoisotopic (exact) mass is 393 g/mol. The van der Waals surface area contributed by atoms with Gasteiger partial charge in [0.25, 0.3) is 0 Å².